The average Bonchev–Trinajstić information content (AvgIpc) is 3.11. The largest absolute Gasteiger partial charge is 0.217 e. The minimum Gasteiger partial charge on any atom is -0.217 e. The van der Waals surface area contributed by atoms with Crippen LogP contribution in [0.4, 0.5) is 0 Å². The molecule has 3 rings (SSSR count). The van der Waals surface area contributed by atoms with Crippen LogP contribution in [0.3, 0.4) is 0 Å². The monoisotopic (exact) mass is 246 g/mol. The quantitative estimate of drug-likeness (QED) is 0.760. The summed E-state index contributed by atoms with van der Waals surface area (Å²) in [5.74, 6) is 1.02. The van der Waals surface area contributed by atoms with Crippen LogP contribution < -0.4 is 0 Å². The number of hydrogen-bond donors (Lipinski definition) is 0. The molecule has 0 spiro atoms. The summed E-state index contributed by atoms with van der Waals surface area (Å²) in [6.07, 6.45) is 3.50. The molecule has 1 heterocycles. The van der Waals surface area contributed by atoms with Crippen molar-refractivity contribution >= 4 is 11.8 Å². The number of nitrogens with zero attached hydrogens (tertiary/aromatic N) is 4. The SMILES string of the molecule is c1ccc(CCSc2nnnn2C2CC2)cc1. The summed E-state index contributed by atoms with van der Waals surface area (Å²) in [6, 6.07) is 11.1. The molecule has 0 unspecified atom stereocenters. The maximum absolute atomic E-state index is 4.07. The van der Waals surface area contributed by atoms with Gasteiger partial charge in [0.05, 0.1) is 6.04 Å². The number of hydrogen-bond acceptors (Lipinski definition) is 4. The molecule has 1 saturated carbocycles. The first-order valence-corrected chi connectivity index (χ1v) is 6.86. The first-order chi connectivity index (χ1) is 8.43. The summed E-state index contributed by atoms with van der Waals surface area (Å²) in [7, 11) is 0. The smallest absolute Gasteiger partial charge is 0.209 e. The van der Waals surface area contributed by atoms with Crippen LogP contribution in [0.15, 0.2) is 35.5 Å². The minimum atomic E-state index is 0.559. The summed E-state index contributed by atoms with van der Waals surface area (Å²) in [5.41, 5.74) is 1.37. The molecule has 0 bridgehead atoms. The predicted octanol–water partition coefficient (Wildman–Crippen LogP) is 2.34. The third kappa shape index (κ3) is 2.66. The highest BCUT2D eigenvalue weighted by Gasteiger charge is 2.27. The molecule has 88 valence electrons. The highest BCUT2D eigenvalue weighted by molar-refractivity contribution is 7.99. The molecular formula is C12H14N4S. The van der Waals surface area contributed by atoms with Crippen LogP contribution in [-0.2, 0) is 6.42 Å². The number of aromatic nitrogens is 4. The van der Waals surface area contributed by atoms with Gasteiger partial charge < -0.3 is 0 Å². The number of tetrazole rings is 1. The fourth-order valence-corrected chi connectivity index (χ4v) is 2.67. The maximum atomic E-state index is 4.07. The lowest BCUT2D eigenvalue weighted by Gasteiger charge is -2.02. The molecule has 2 aromatic rings. The lowest BCUT2D eigenvalue weighted by molar-refractivity contribution is 0.565. The number of thioether (sulfide) groups is 1. The summed E-state index contributed by atoms with van der Waals surface area (Å²) < 4.78 is 1.97. The zero-order chi connectivity index (χ0) is 11.5. The van der Waals surface area contributed by atoms with Crippen molar-refractivity contribution in [3.8, 4) is 0 Å². The molecule has 5 heteroatoms. The second-order valence-corrected chi connectivity index (χ2v) is 5.28. The molecule has 1 aliphatic carbocycles. The van der Waals surface area contributed by atoms with Crippen LogP contribution in [0, 0.1) is 0 Å². The zero-order valence-electron chi connectivity index (χ0n) is 9.49. The van der Waals surface area contributed by atoms with Crippen LogP contribution >= 0.6 is 11.8 Å². The Morgan fingerprint density at radius 3 is 2.82 bits per heavy atom. The van der Waals surface area contributed by atoms with Crippen molar-refractivity contribution in [2.75, 3.05) is 5.75 Å². The van der Waals surface area contributed by atoms with Gasteiger partial charge in [0.15, 0.2) is 0 Å². The van der Waals surface area contributed by atoms with Crippen molar-refractivity contribution in [1.82, 2.24) is 20.2 Å². The summed E-state index contributed by atoms with van der Waals surface area (Å²) >= 11 is 1.74. The average molecular weight is 246 g/mol. The molecule has 1 aromatic carbocycles. The van der Waals surface area contributed by atoms with E-state index in [2.05, 4.69) is 39.8 Å². The van der Waals surface area contributed by atoms with E-state index in [4.69, 9.17) is 0 Å². The van der Waals surface area contributed by atoms with E-state index in [1.54, 1.807) is 11.8 Å². The molecule has 1 aliphatic rings. The van der Waals surface area contributed by atoms with E-state index < -0.39 is 0 Å². The number of rotatable bonds is 5. The Balaban J connectivity index is 1.55. The molecule has 0 atom stereocenters. The Labute approximate surface area is 104 Å². The Morgan fingerprint density at radius 1 is 1.24 bits per heavy atom. The molecule has 0 N–H and O–H groups in total. The second kappa shape index (κ2) is 4.87. The molecule has 0 amide bonds. The van der Waals surface area contributed by atoms with E-state index in [0.717, 1.165) is 17.3 Å². The van der Waals surface area contributed by atoms with Crippen molar-refractivity contribution in [2.24, 2.45) is 0 Å². The van der Waals surface area contributed by atoms with Crippen molar-refractivity contribution in [1.29, 1.82) is 0 Å². The van der Waals surface area contributed by atoms with Crippen LogP contribution in [0.1, 0.15) is 24.4 Å². The molecule has 0 aliphatic heterocycles. The summed E-state index contributed by atoms with van der Waals surface area (Å²) in [4.78, 5) is 0. The third-order valence-corrected chi connectivity index (χ3v) is 3.76. The maximum Gasteiger partial charge on any atom is 0.209 e. The molecule has 0 radical (unpaired) electrons. The lowest BCUT2D eigenvalue weighted by Crippen LogP contribution is -1.99. The predicted molar refractivity (Wildman–Crippen MR) is 67.0 cm³/mol. The lowest BCUT2D eigenvalue weighted by atomic mass is 10.2. The number of aryl methyl sites for hydroxylation is 1. The van der Waals surface area contributed by atoms with Gasteiger partial charge in [-0.05, 0) is 35.3 Å². The van der Waals surface area contributed by atoms with Crippen LogP contribution in [0.5, 0.6) is 0 Å². The van der Waals surface area contributed by atoms with Gasteiger partial charge >= 0.3 is 0 Å². The van der Waals surface area contributed by atoms with Gasteiger partial charge in [0.25, 0.3) is 0 Å². The standard InChI is InChI=1S/C12H14N4S/c1-2-4-10(5-3-1)8-9-17-12-13-14-15-16(12)11-6-7-11/h1-5,11H,6-9H2. The molecule has 1 fully saturated rings. The Bertz CT molecular complexity index is 478. The van der Waals surface area contributed by atoms with Crippen LogP contribution in [-0.4, -0.2) is 26.0 Å². The van der Waals surface area contributed by atoms with Gasteiger partial charge in [-0.1, -0.05) is 42.1 Å². The van der Waals surface area contributed by atoms with E-state index in [-0.39, 0.29) is 0 Å². The summed E-state index contributed by atoms with van der Waals surface area (Å²) in [5, 5.41) is 12.8. The van der Waals surface area contributed by atoms with Crippen molar-refractivity contribution < 1.29 is 0 Å². The van der Waals surface area contributed by atoms with Crippen molar-refractivity contribution in [3.63, 3.8) is 0 Å². The molecule has 1 aromatic heterocycles. The Kier molecular flexibility index (Phi) is 3.09. The highest BCUT2D eigenvalue weighted by atomic mass is 32.2. The Hall–Kier alpha value is -1.36. The van der Waals surface area contributed by atoms with E-state index >= 15 is 0 Å². The van der Waals surface area contributed by atoms with Crippen LogP contribution in [0.2, 0.25) is 0 Å². The van der Waals surface area contributed by atoms with E-state index in [0.29, 0.717) is 6.04 Å². The molecule has 17 heavy (non-hydrogen) atoms. The van der Waals surface area contributed by atoms with Gasteiger partial charge in [0.1, 0.15) is 0 Å². The van der Waals surface area contributed by atoms with Gasteiger partial charge in [0.2, 0.25) is 5.16 Å². The zero-order valence-corrected chi connectivity index (χ0v) is 10.3. The highest BCUT2D eigenvalue weighted by Crippen LogP contribution is 2.36. The van der Waals surface area contributed by atoms with E-state index in [9.17, 15) is 0 Å². The van der Waals surface area contributed by atoms with E-state index in [1.807, 2.05) is 10.7 Å². The molecule has 4 nitrogen and oxygen atoms in total. The van der Waals surface area contributed by atoms with Crippen LogP contribution in [0.25, 0.3) is 0 Å². The molecule has 0 saturated heterocycles. The van der Waals surface area contributed by atoms with Gasteiger partial charge in [-0.2, -0.15) is 0 Å². The molecular weight excluding hydrogens is 232 g/mol. The fourth-order valence-electron chi connectivity index (χ4n) is 1.73. The summed E-state index contributed by atoms with van der Waals surface area (Å²) in [6.45, 7) is 0. The van der Waals surface area contributed by atoms with Crippen molar-refractivity contribution in [3.05, 3.63) is 35.9 Å². The first kappa shape index (κ1) is 10.8. The second-order valence-electron chi connectivity index (χ2n) is 4.22. The van der Waals surface area contributed by atoms with Gasteiger partial charge in [0, 0.05) is 5.75 Å². The normalized spacial score (nSPS) is 15.1. The van der Waals surface area contributed by atoms with Gasteiger partial charge in [-0.15, -0.1) is 5.10 Å². The topological polar surface area (TPSA) is 43.6 Å². The van der Waals surface area contributed by atoms with Gasteiger partial charge in [-0.3, -0.25) is 0 Å². The fraction of sp³-hybridized carbons (Fsp3) is 0.417. The van der Waals surface area contributed by atoms with Crippen molar-refractivity contribution in [2.45, 2.75) is 30.5 Å². The minimum absolute atomic E-state index is 0.559. The first-order valence-electron chi connectivity index (χ1n) is 5.88. The number of benzene rings is 1. The third-order valence-electron chi connectivity index (χ3n) is 2.82. The Morgan fingerprint density at radius 2 is 2.06 bits per heavy atom. The van der Waals surface area contributed by atoms with Gasteiger partial charge in [-0.25, -0.2) is 4.68 Å². The van der Waals surface area contributed by atoms with E-state index in [1.165, 1.54) is 18.4 Å².